The standard InChI is InChI=1S/C23H32N2O4/c1-15-13-25(22-21(28-22)24-20-19(15)27-20)18-12-17(23(29-18)10-6-3-7-11-23)26-14-16-8-4-2-5-9-16/h2,4-5,8-9,15,17-22,24H,3,6-7,10-14H2,1H3. The predicted octanol–water partition coefficient (Wildman–Crippen LogP) is 2.97. The number of nitrogens with zero attached hydrogens (tertiary/aromatic N) is 1. The molecular formula is C23H32N2O4. The maximum atomic E-state index is 6.87. The molecule has 7 unspecified atom stereocenters. The fourth-order valence-corrected chi connectivity index (χ4v) is 5.73. The fourth-order valence-electron chi connectivity index (χ4n) is 5.73. The molecule has 0 aromatic heterocycles. The zero-order valence-corrected chi connectivity index (χ0v) is 17.2. The van der Waals surface area contributed by atoms with Gasteiger partial charge in [0, 0.05) is 13.0 Å². The van der Waals surface area contributed by atoms with Gasteiger partial charge in [-0.3, -0.25) is 5.32 Å². The van der Waals surface area contributed by atoms with E-state index in [1.165, 1.54) is 24.8 Å². The second-order valence-electron chi connectivity index (χ2n) is 9.53. The Morgan fingerprint density at radius 1 is 1.10 bits per heavy atom. The minimum Gasteiger partial charge on any atom is -0.370 e. The van der Waals surface area contributed by atoms with Crippen LogP contribution in [0.1, 0.15) is 51.0 Å². The third kappa shape index (κ3) is 3.54. The number of fused-ring (bicyclic) bond motifs is 2. The van der Waals surface area contributed by atoms with Gasteiger partial charge in [0.1, 0.15) is 18.6 Å². The minimum absolute atomic E-state index is 0.0587. The molecule has 5 fully saturated rings. The first-order valence-electron chi connectivity index (χ1n) is 11.4. The number of ether oxygens (including phenoxy) is 4. The molecule has 4 aliphatic heterocycles. The van der Waals surface area contributed by atoms with Gasteiger partial charge in [-0.25, -0.2) is 4.90 Å². The quantitative estimate of drug-likeness (QED) is 0.785. The molecule has 158 valence electrons. The average Bonchev–Trinajstić information content (AvgIpc) is 3.65. The Bertz CT molecular complexity index is 725. The van der Waals surface area contributed by atoms with Crippen LogP contribution in [0.2, 0.25) is 0 Å². The molecule has 0 amide bonds. The van der Waals surface area contributed by atoms with E-state index in [2.05, 4.69) is 47.5 Å². The summed E-state index contributed by atoms with van der Waals surface area (Å²) < 4.78 is 25.2. The topological polar surface area (TPSA) is 58.8 Å². The van der Waals surface area contributed by atoms with Gasteiger partial charge >= 0.3 is 0 Å². The Hall–Kier alpha value is -1.02. The molecule has 29 heavy (non-hydrogen) atoms. The summed E-state index contributed by atoms with van der Waals surface area (Å²) in [5.74, 6) is 0.466. The summed E-state index contributed by atoms with van der Waals surface area (Å²) in [6, 6.07) is 10.5. The number of epoxide rings is 2. The van der Waals surface area contributed by atoms with E-state index in [-0.39, 0.29) is 36.6 Å². The van der Waals surface area contributed by atoms with Crippen LogP contribution in [0, 0.1) is 5.92 Å². The van der Waals surface area contributed by atoms with Crippen LogP contribution in [-0.2, 0) is 25.6 Å². The molecule has 6 nitrogen and oxygen atoms in total. The second kappa shape index (κ2) is 7.29. The van der Waals surface area contributed by atoms with Crippen LogP contribution in [0.4, 0.5) is 0 Å². The second-order valence-corrected chi connectivity index (χ2v) is 9.53. The molecule has 1 spiro atoms. The molecule has 1 aromatic carbocycles. The Kier molecular flexibility index (Phi) is 4.71. The van der Waals surface area contributed by atoms with Gasteiger partial charge in [-0.2, -0.15) is 0 Å². The van der Waals surface area contributed by atoms with Gasteiger partial charge in [0.25, 0.3) is 0 Å². The van der Waals surface area contributed by atoms with Gasteiger partial charge in [0.2, 0.25) is 0 Å². The van der Waals surface area contributed by atoms with Crippen LogP contribution >= 0.6 is 0 Å². The highest BCUT2D eigenvalue weighted by Gasteiger charge is 2.59. The summed E-state index contributed by atoms with van der Waals surface area (Å²) in [5, 5.41) is 3.47. The maximum Gasteiger partial charge on any atom is 0.155 e. The molecule has 0 radical (unpaired) electrons. The molecule has 1 N–H and O–H groups in total. The summed E-state index contributed by atoms with van der Waals surface area (Å²) in [4.78, 5) is 2.43. The largest absolute Gasteiger partial charge is 0.370 e. The highest BCUT2D eigenvalue weighted by molar-refractivity contribution is 5.14. The number of hydrogen-bond acceptors (Lipinski definition) is 6. The maximum absolute atomic E-state index is 6.87. The van der Waals surface area contributed by atoms with Gasteiger partial charge < -0.3 is 18.9 Å². The zero-order chi connectivity index (χ0) is 19.4. The lowest BCUT2D eigenvalue weighted by atomic mass is 9.81. The van der Waals surface area contributed by atoms with Crippen molar-refractivity contribution in [2.75, 3.05) is 6.54 Å². The lowest BCUT2D eigenvalue weighted by Crippen LogP contribution is -2.47. The van der Waals surface area contributed by atoms with Gasteiger partial charge in [-0.15, -0.1) is 0 Å². The van der Waals surface area contributed by atoms with E-state index in [1.54, 1.807) is 0 Å². The van der Waals surface area contributed by atoms with Crippen LogP contribution in [0.3, 0.4) is 0 Å². The smallest absolute Gasteiger partial charge is 0.155 e. The first-order valence-corrected chi connectivity index (χ1v) is 11.4. The van der Waals surface area contributed by atoms with E-state index in [0.29, 0.717) is 18.6 Å². The molecule has 7 atom stereocenters. The van der Waals surface area contributed by atoms with E-state index in [1.807, 2.05) is 0 Å². The van der Waals surface area contributed by atoms with Crippen LogP contribution < -0.4 is 5.32 Å². The molecule has 0 bridgehead atoms. The number of hydrogen-bond donors (Lipinski definition) is 1. The van der Waals surface area contributed by atoms with E-state index >= 15 is 0 Å². The minimum atomic E-state index is -0.139. The normalized spacial score (nSPS) is 43.3. The zero-order valence-electron chi connectivity index (χ0n) is 17.2. The summed E-state index contributed by atoms with van der Waals surface area (Å²) in [6.45, 7) is 3.88. The third-order valence-electron chi connectivity index (χ3n) is 7.45. The van der Waals surface area contributed by atoms with E-state index in [4.69, 9.17) is 18.9 Å². The number of rotatable bonds is 4. The third-order valence-corrected chi connectivity index (χ3v) is 7.45. The Morgan fingerprint density at radius 2 is 1.93 bits per heavy atom. The van der Waals surface area contributed by atoms with Crippen LogP contribution in [-0.4, -0.2) is 54.2 Å². The molecule has 4 saturated heterocycles. The first kappa shape index (κ1) is 18.7. The predicted molar refractivity (Wildman–Crippen MR) is 107 cm³/mol. The fraction of sp³-hybridized carbons (Fsp3) is 0.739. The molecule has 1 aliphatic carbocycles. The molecular weight excluding hydrogens is 368 g/mol. The van der Waals surface area contributed by atoms with E-state index in [9.17, 15) is 0 Å². The first-order chi connectivity index (χ1) is 14.2. The average molecular weight is 401 g/mol. The van der Waals surface area contributed by atoms with E-state index < -0.39 is 0 Å². The van der Waals surface area contributed by atoms with Crippen LogP contribution in [0.15, 0.2) is 30.3 Å². The summed E-state index contributed by atoms with van der Waals surface area (Å²) in [6.07, 6.45) is 7.76. The lowest BCUT2D eigenvalue weighted by Gasteiger charge is -2.38. The number of nitrogens with one attached hydrogen (secondary N) is 1. The summed E-state index contributed by atoms with van der Waals surface area (Å²) in [5.41, 5.74) is 1.09. The van der Waals surface area contributed by atoms with Crippen molar-refractivity contribution >= 4 is 0 Å². The molecule has 6 rings (SSSR count). The van der Waals surface area contributed by atoms with Gasteiger partial charge in [-0.05, 0) is 24.3 Å². The van der Waals surface area contributed by atoms with E-state index in [0.717, 1.165) is 25.8 Å². The lowest BCUT2D eigenvalue weighted by molar-refractivity contribution is -0.160. The highest BCUT2D eigenvalue weighted by Crippen LogP contribution is 2.47. The van der Waals surface area contributed by atoms with Crippen LogP contribution in [0.5, 0.6) is 0 Å². The van der Waals surface area contributed by atoms with Gasteiger partial charge in [0.15, 0.2) is 12.5 Å². The Labute approximate surface area is 172 Å². The van der Waals surface area contributed by atoms with Crippen molar-refractivity contribution in [2.24, 2.45) is 5.92 Å². The summed E-state index contributed by atoms with van der Waals surface area (Å²) in [7, 11) is 0. The van der Waals surface area contributed by atoms with Crippen molar-refractivity contribution in [3.8, 4) is 0 Å². The van der Waals surface area contributed by atoms with Gasteiger partial charge in [0.05, 0.1) is 18.3 Å². The number of benzene rings is 1. The summed E-state index contributed by atoms with van der Waals surface area (Å²) >= 11 is 0. The molecule has 1 saturated carbocycles. The SMILES string of the molecule is CC1CN(C2CC(OCc3ccccc3)C3(CCCCC3)O2)C2OC2NC2OC12. The van der Waals surface area contributed by atoms with Gasteiger partial charge in [-0.1, -0.05) is 56.5 Å². The van der Waals surface area contributed by atoms with Crippen molar-refractivity contribution in [3.05, 3.63) is 35.9 Å². The molecule has 6 heteroatoms. The van der Waals surface area contributed by atoms with Crippen molar-refractivity contribution < 1.29 is 18.9 Å². The Balaban J connectivity index is 1.19. The molecule has 5 aliphatic rings. The molecule has 4 heterocycles. The van der Waals surface area contributed by atoms with Crippen LogP contribution in [0.25, 0.3) is 0 Å². The monoisotopic (exact) mass is 400 g/mol. The van der Waals surface area contributed by atoms with Crippen molar-refractivity contribution in [1.82, 2.24) is 10.2 Å². The van der Waals surface area contributed by atoms with Crippen molar-refractivity contribution in [2.45, 2.75) is 94.8 Å². The highest BCUT2D eigenvalue weighted by atomic mass is 16.7. The van der Waals surface area contributed by atoms with Crippen molar-refractivity contribution in [3.63, 3.8) is 0 Å². The molecule has 1 aromatic rings. The van der Waals surface area contributed by atoms with Crippen molar-refractivity contribution in [1.29, 1.82) is 0 Å². The Morgan fingerprint density at radius 3 is 2.76 bits per heavy atom.